The lowest BCUT2D eigenvalue weighted by Gasteiger charge is -2.33. The van der Waals surface area contributed by atoms with Crippen LogP contribution in [0.1, 0.15) is 5.56 Å². The van der Waals surface area contributed by atoms with Gasteiger partial charge in [0.25, 0.3) is 11.5 Å². The number of aromatic nitrogens is 1. The van der Waals surface area contributed by atoms with Crippen molar-refractivity contribution in [1.29, 1.82) is 0 Å². The summed E-state index contributed by atoms with van der Waals surface area (Å²) in [4.78, 5) is 29.3. The molecule has 1 fully saturated rings. The molecule has 0 radical (unpaired) electrons. The Labute approximate surface area is 141 Å². The molecule has 5 heteroatoms. The van der Waals surface area contributed by atoms with Crippen molar-refractivity contribution in [2.45, 2.75) is 0 Å². The van der Waals surface area contributed by atoms with Crippen molar-refractivity contribution in [1.82, 2.24) is 14.4 Å². The van der Waals surface area contributed by atoms with Crippen LogP contribution in [0.3, 0.4) is 0 Å². The molecule has 0 bridgehead atoms. The third-order valence-corrected chi connectivity index (χ3v) is 4.19. The van der Waals surface area contributed by atoms with Gasteiger partial charge in [0, 0.05) is 38.4 Å². The van der Waals surface area contributed by atoms with Crippen LogP contribution in [0.5, 0.6) is 0 Å². The number of rotatable bonds is 3. The summed E-state index contributed by atoms with van der Waals surface area (Å²) in [6.45, 7) is 3.02. The van der Waals surface area contributed by atoms with Crippen LogP contribution in [0.25, 0.3) is 11.8 Å². The zero-order valence-electron chi connectivity index (χ0n) is 13.8. The van der Waals surface area contributed by atoms with E-state index in [1.807, 2.05) is 42.3 Å². The Hall–Kier alpha value is -2.66. The van der Waals surface area contributed by atoms with Gasteiger partial charge in [0.05, 0.1) is 0 Å². The van der Waals surface area contributed by atoms with E-state index in [0.717, 1.165) is 18.7 Å². The summed E-state index contributed by atoms with van der Waals surface area (Å²) in [6.07, 6.45) is 3.42. The summed E-state index contributed by atoms with van der Waals surface area (Å²) in [7, 11) is 2.05. The quantitative estimate of drug-likeness (QED) is 0.807. The molecule has 1 aliphatic rings. The third kappa shape index (κ3) is 3.63. The summed E-state index contributed by atoms with van der Waals surface area (Å²) >= 11 is 0. The van der Waals surface area contributed by atoms with Crippen LogP contribution in [-0.2, 0) is 4.79 Å². The fourth-order valence-electron chi connectivity index (χ4n) is 2.74. The summed E-state index contributed by atoms with van der Waals surface area (Å²) in [5.41, 5.74) is 1.07. The van der Waals surface area contributed by atoms with E-state index in [9.17, 15) is 9.59 Å². The van der Waals surface area contributed by atoms with E-state index in [1.165, 1.54) is 10.6 Å². The van der Waals surface area contributed by atoms with Crippen LogP contribution in [-0.4, -0.2) is 53.5 Å². The average molecular weight is 323 g/mol. The summed E-state index contributed by atoms with van der Waals surface area (Å²) in [5.74, 6) is -0.111. The maximum atomic E-state index is 13.0. The molecule has 24 heavy (non-hydrogen) atoms. The van der Waals surface area contributed by atoms with E-state index < -0.39 is 0 Å². The van der Waals surface area contributed by atoms with E-state index in [0.29, 0.717) is 18.8 Å². The lowest BCUT2D eigenvalue weighted by Crippen LogP contribution is -2.48. The predicted octanol–water partition coefficient (Wildman–Crippen LogP) is 1.62. The molecule has 1 aliphatic heterocycles. The van der Waals surface area contributed by atoms with Crippen molar-refractivity contribution >= 4 is 17.7 Å². The van der Waals surface area contributed by atoms with Crippen molar-refractivity contribution in [3.05, 3.63) is 70.6 Å². The molecule has 0 N–H and O–H groups in total. The van der Waals surface area contributed by atoms with Gasteiger partial charge < -0.3 is 9.80 Å². The average Bonchev–Trinajstić information content (AvgIpc) is 2.61. The molecule has 0 atom stereocenters. The summed E-state index contributed by atoms with van der Waals surface area (Å²) < 4.78 is 1.42. The Morgan fingerprint density at radius 2 is 1.62 bits per heavy atom. The second-order valence-corrected chi connectivity index (χ2v) is 5.94. The highest BCUT2D eigenvalue weighted by Gasteiger charge is 2.23. The van der Waals surface area contributed by atoms with Gasteiger partial charge in [-0.1, -0.05) is 36.4 Å². The molecule has 3 rings (SSSR count). The fraction of sp³-hybridized carbons (Fsp3) is 0.263. The van der Waals surface area contributed by atoms with Gasteiger partial charge in [-0.3, -0.25) is 14.2 Å². The number of piperazine rings is 1. The fourth-order valence-corrected chi connectivity index (χ4v) is 2.74. The van der Waals surface area contributed by atoms with Gasteiger partial charge in [0.2, 0.25) is 0 Å². The highest BCUT2D eigenvalue weighted by atomic mass is 16.2. The van der Waals surface area contributed by atoms with Crippen molar-refractivity contribution in [3.63, 3.8) is 0 Å². The minimum atomic E-state index is -0.206. The first-order valence-electron chi connectivity index (χ1n) is 8.08. The van der Waals surface area contributed by atoms with E-state index in [2.05, 4.69) is 4.90 Å². The van der Waals surface area contributed by atoms with Gasteiger partial charge in [-0.2, -0.15) is 0 Å². The summed E-state index contributed by atoms with van der Waals surface area (Å²) in [5, 5.41) is 0. The number of carbonyl (C=O) groups is 1. The first kappa shape index (κ1) is 16.2. The first-order valence-corrected chi connectivity index (χ1v) is 8.08. The number of pyridine rings is 1. The summed E-state index contributed by atoms with van der Waals surface area (Å²) in [6, 6.07) is 14.5. The van der Waals surface area contributed by atoms with Gasteiger partial charge in [0.15, 0.2) is 0 Å². The molecule has 1 aromatic heterocycles. The first-order chi connectivity index (χ1) is 11.6. The number of nitrogens with zero attached hydrogens (tertiary/aromatic N) is 3. The minimum absolute atomic E-state index is 0.111. The van der Waals surface area contributed by atoms with E-state index in [4.69, 9.17) is 0 Å². The molecule has 2 aromatic rings. The second kappa shape index (κ2) is 7.27. The van der Waals surface area contributed by atoms with Crippen molar-refractivity contribution < 1.29 is 4.79 Å². The van der Waals surface area contributed by atoms with Gasteiger partial charge >= 0.3 is 0 Å². The molecular weight excluding hydrogens is 302 g/mol. The zero-order chi connectivity index (χ0) is 16.9. The Morgan fingerprint density at radius 3 is 2.29 bits per heavy atom. The van der Waals surface area contributed by atoms with E-state index >= 15 is 0 Å². The van der Waals surface area contributed by atoms with Crippen molar-refractivity contribution in [2.24, 2.45) is 0 Å². The largest absolute Gasteiger partial charge is 0.335 e. The maximum Gasteiger partial charge on any atom is 0.271 e. The highest BCUT2D eigenvalue weighted by molar-refractivity contribution is 6.18. The van der Waals surface area contributed by atoms with Gasteiger partial charge in [-0.25, -0.2) is 0 Å². The zero-order valence-corrected chi connectivity index (χ0v) is 13.8. The number of benzene rings is 1. The molecular formula is C19H21N3O2. The Balaban J connectivity index is 1.99. The highest BCUT2D eigenvalue weighted by Crippen LogP contribution is 2.14. The SMILES string of the molecule is CN1CCN(C(=O)C(=Cc2ccccc2)n2ccccc2=O)CC1. The van der Waals surface area contributed by atoms with Crippen LogP contribution < -0.4 is 5.56 Å². The van der Waals surface area contributed by atoms with Crippen LogP contribution in [0.15, 0.2) is 59.5 Å². The third-order valence-electron chi connectivity index (χ3n) is 4.19. The lowest BCUT2D eigenvalue weighted by atomic mass is 10.1. The molecule has 0 saturated carbocycles. The van der Waals surface area contributed by atoms with Crippen LogP contribution in [0.4, 0.5) is 0 Å². The number of amides is 1. The minimum Gasteiger partial charge on any atom is -0.335 e. The van der Waals surface area contributed by atoms with Crippen LogP contribution in [0, 0.1) is 0 Å². The standard InChI is InChI=1S/C19H21N3O2/c1-20-11-13-21(14-12-20)19(24)17(15-16-7-3-2-4-8-16)22-10-6-5-9-18(22)23/h2-10,15H,11-14H2,1H3. The van der Waals surface area contributed by atoms with Crippen LogP contribution in [0.2, 0.25) is 0 Å². The number of carbonyl (C=O) groups excluding carboxylic acids is 1. The van der Waals surface area contributed by atoms with Crippen molar-refractivity contribution in [3.8, 4) is 0 Å². The van der Waals surface area contributed by atoms with Gasteiger partial charge in [-0.15, -0.1) is 0 Å². The Bertz CT molecular complexity index is 788. The molecule has 1 saturated heterocycles. The maximum absolute atomic E-state index is 13.0. The number of hydrogen-bond acceptors (Lipinski definition) is 3. The Kier molecular flexibility index (Phi) is 4.91. The number of likely N-dealkylation sites (N-methyl/N-ethyl adjacent to an activating group) is 1. The lowest BCUT2D eigenvalue weighted by molar-refractivity contribution is -0.126. The molecule has 124 valence electrons. The molecule has 2 heterocycles. The predicted molar refractivity (Wildman–Crippen MR) is 95.4 cm³/mol. The molecule has 1 amide bonds. The van der Waals surface area contributed by atoms with E-state index in [1.54, 1.807) is 24.4 Å². The van der Waals surface area contributed by atoms with Crippen LogP contribution >= 0.6 is 0 Å². The second-order valence-electron chi connectivity index (χ2n) is 5.94. The van der Waals surface area contributed by atoms with Gasteiger partial charge in [0.1, 0.15) is 5.70 Å². The van der Waals surface area contributed by atoms with Gasteiger partial charge in [-0.05, 0) is 24.8 Å². The molecule has 0 spiro atoms. The topological polar surface area (TPSA) is 45.5 Å². The molecule has 5 nitrogen and oxygen atoms in total. The Morgan fingerprint density at radius 1 is 0.958 bits per heavy atom. The van der Waals surface area contributed by atoms with Crippen molar-refractivity contribution in [2.75, 3.05) is 33.2 Å². The van der Waals surface area contributed by atoms with E-state index in [-0.39, 0.29) is 11.5 Å². The normalized spacial score (nSPS) is 16.2. The molecule has 0 aliphatic carbocycles. The molecule has 1 aromatic carbocycles. The monoisotopic (exact) mass is 323 g/mol. The molecule has 0 unspecified atom stereocenters. The smallest absolute Gasteiger partial charge is 0.271 e. The number of hydrogen-bond donors (Lipinski definition) is 0.